The van der Waals surface area contributed by atoms with Crippen LogP contribution in [0.1, 0.15) is 27.0 Å². The molecule has 1 amide bonds. The van der Waals surface area contributed by atoms with E-state index >= 15 is 0 Å². The van der Waals surface area contributed by atoms with Gasteiger partial charge in [-0.05, 0) is 29.8 Å². The highest BCUT2D eigenvalue weighted by atomic mass is 16.2. The summed E-state index contributed by atoms with van der Waals surface area (Å²) in [7, 11) is 0. The fourth-order valence-electron chi connectivity index (χ4n) is 4.80. The maximum atomic E-state index is 13.3. The van der Waals surface area contributed by atoms with Gasteiger partial charge in [0.05, 0.1) is 34.6 Å². The number of aromatic nitrogens is 2. The van der Waals surface area contributed by atoms with Crippen molar-refractivity contribution in [3.63, 3.8) is 0 Å². The van der Waals surface area contributed by atoms with Gasteiger partial charge in [-0.25, -0.2) is 10.4 Å². The predicted octanol–water partition coefficient (Wildman–Crippen LogP) is 6.54. The molecule has 0 fully saturated rings. The average molecular weight is 506 g/mol. The first-order valence-electron chi connectivity index (χ1n) is 12.6. The summed E-state index contributed by atoms with van der Waals surface area (Å²) >= 11 is 0. The third-order valence-corrected chi connectivity index (χ3v) is 6.70. The minimum absolute atomic E-state index is 0.311. The first-order chi connectivity index (χ1) is 19.2. The third kappa shape index (κ3) is 4.77. The molecule has 0 bridgehead atoms. The van der Waals surface area contributed by atoms with E-state index in [0.29, 0.717) is 17.7 Å². The van der Waals surface area contributed by atoms with Gasteiger partial charge < -0.3 is 4.57 Å². The number of fused-ring (bicyclic) bond motifs is 2. The van der Waals surface area contributed by atoms with Crippen LogP contribution in [0.25, 0.3) is 33.1 Å². The van der Waals surface area contributed by atoms with E-state index in [9.17, 15) is 10.1 Å². The smallest absolute Gasteiger partial charge is 0.272 e. The van der Waals surface area contributed by atoms with E-state index in [1.165, 1.54) is 0 Å². The molecular formula is C33H23N5O. The Hall–Kier alpha value is -5.54. The van der Waals surface area contributed by atoms with E-state index in [2.05, 4.69) is 21.2 Å². The largest absolute Gasteiger partial charge is 0.342 e. The minimum Gasteiger partial charge on any atom is -0.342 e. The number of nitrogens with one attached hydrogen (secondary N) is 1. The molecule has 0 saturated heterocycles. The molecule has 0 radical (unpaired) electrons. The van der Waals surface area contributed by atoms with Gasteiger partial charge in [0.1, 0.15) is 0 Å². The van der Waals surface area contributed by atoms with Crippen LogP contribution in [0.4, 0.5) is 0 Å². The molecule has 0 saturated carbocycles. The van der Waals surface area contributed by atoms with E-state index in [0.717, 1.165) is 44.2 Å². The number of pyridine rings is 1. The highest BCUT2D eigenvalue weighted by molar-refractivity contribution is 6.07. The fraction of sp³-hybridized carbons (Fsp3) is 0.0303. The molecule has 1 N–H and O–H groups in total. The molecule has 186 valence electrons. The monoisotopic (exact) mass is 505 g/mol. The number of para-hydroxylation sites is 2. The lowest BCUT2D eigenvalue weighted by atomic mass is 10.0. The van der Waals surface area contributed by atoms with E-state index in [1.54, 1.807) is 12.3 Å². The molecule has 0 unspecified atom stereocenters. The van der Waals surface area contributed by atoms with Crippen LogP contribution >= 0.6 is 0 Å². The topological polar surface area (TPSA) is 83.1 Å². The van der Waals surface area contributed by atoms with Gasteiger partial charge in [-0.15, -0.1) is 0 Å². The molecule has 6 nitrogen and oxygen atoms in total. The van der Waals surface area contributed by atoms with Crippen molar-refractivity contribution in [3.05, 3.63) is 138 Å². The van der Waals surface area contributed by atoms with Gasteiger partial charge in [-0.2, -0.15) is 10.4 Å². The molecular weight excluding hydrogens is 482 g/mol. The van der Waals surface area contributed by atoms with Crippen molar-refractivity contribution in [1.82, 2.24) is 15.0 Å². The summed E-state index contributed by atoms with van der Waals surface area (Å²) in [6.45, 7) is 0.551. The van der Waals surface area contributed by atoms with E-state index < -0.39 is 0 Å². The zero-order chi connectivity index (χ0) is 26.6. The lowest BCUT2D eigenvalue weighted by Crippen LogP contribution is -2.18. The zero-order valence-electron chi connectivity index (χ0n) is 21.0. The molecule has 39 heavy (non-hydrogen) atoms. The van der Waals surface area contributed by atoms with Gasteiger partial charge in [0.2, 0.25) is 0 Å². The molecule has 0 aliphatic heterocycles. The summed E-state index contributed by atoms with van der Waals surface area (Å²) in [5.41, 5.74) is 9.10. The Morgan fingerprint density at radius 3 is 2.46 bits per heavy atom. The number of benzene rings is 4. The molecule has 0 aliphatic rings. The second-order valence-corrected chi connectivity index (χ2v) is 9.14. The highest BCUT2D eigenvalue weighted by Crippen LogP contribution is 2.25. The summed E-state index contributed by atoms with van der Waals surface area (Å²) in [5.74, 6) is -0.311. The number of amides is 1. The van der Waals surface area contributed by atoms with Crippen molar-refractivity contribution >= 4 is 33.9 Å². The second-order valence-electron chi connectivity index (χ2n) is 9.14. The second kappa shape index (κ2) is 10.4. The molecule has 6 heteroatoms. The van der Waals surface area contributed by atoms with Crippen LogP contribution in [0.2, 0.25) is 0 Å². The van der Waals surface area contributed by atoms with Gasteiger partial charge >= 0.3 is 0 Å². The van der Waals surface area contributed by atoms with Crippen LogP contribution in [0.15, 0.2) is 120 Å². The number of carbonyl (C=O) groups is 1. The maximum absolute atomic E-state index is 13.3. The number of nitrogens with zero attached hydrogens (tertiary/aromatic N) is 4. The Bertz CT molecular complexity index is 1900. The lowest BCUT2D eigenvalue weighted by Gasteiger charge is -2.09. The van der Waals surface area contributed by atoms with Crippen molar-refractivity contribution in [3.8, 4) is 17.3 Å². The quantitative estimate of drug-likeness (QED) is 0.206. The van der Waals surface area contributed by atoms with Gasteiger partial charge in [0.15, 0.2) is 0 Å². The Kier molecular flexibility index (Phi) is 6.38. The first-order valence-corrected chi connectivity index (χ1v) is 12.6. The molecule has 4 aromatic carbocycles. The van der Waals surface area contributed by atoms with Crippen LogP contribution in [0, 0.1) is 11.3 Å². The summed E-state index contributed by atoms with van der Waals surface area (Å²) in [4.78, 5) is 18.1. The van der Waals surface area contributed by atoms with Gasteiger partial charge in [0, 0.05) is 40.2 Å². The number of hydrogen-bond acceptors (Lipinski definition) is 4. The van der Waals surface area contributed by atoms with Crippen LogP contribution in [0.5, 0.6) is 0 Å². The van der Waals surface area contributed by atoms with Crippen molar-refractivity contribution in [2.24, 2.45) is 5.10 Å². The van der Waals surface area contributed by atoms with E-state index in [1.807, 2.05) is 109 Å². The third-order valence-electron chi connectivity index (χ3n) is 6.70. The lowest BCUT2D eigenvalue weighted by molar-refractivity contribution is 0.0956. The summed E-state index contributed by atoms with van der Waals surface area (Å²) in [6, 6.07) is 37.1. The molecule has 6 aromatic rings. The van der Waals surface area contributed by atoms with Gasteiger partial charge in [0.25, 0.3) is 5.91 Å². The van der Waals surface area contributed by atoms with E-state index in [-0.39, 0.29) is 5.91 Å². The van der Waals surface area contributed by atoms with Gasteiger partial charge in [-0.1, -0.05) is 84.9 Å². The number of carbonyl (C=O) groups excluding carboxylic acids is 1. The van der Waals surface area contributed by atoms with Gasteiger partial charge in [-0.3, -0.25) is 4.79 Å². The molecule has 2 aromatic heterocycles. The Labute approximate surface area is 225 Å². The molecule has 6 rings (SSSR count). The molecule has 0 atom stereocenters. The number of hydrogen-bond donors (Lipinski definition) is 1. The molecule has 0 spiro atoms. The van der Waals surface area contributed by atoms with Crippen molar-refractivity contribution in [2.45, 2.75) is 6.54 Å². The number of nitriles is 1. The number of rotatable bonds is 6. The van der Waals surface area contributed by atoms with Crippen LogP contribution in [-0.2, 0) is 6.54 Å². The maximum Gasteiger partial charge on any atom is 0.272 e. The SMILES string of the molecule is N#Cc1ccccc1Cn1cc(/C=N/NC(=O)c2cc(-c3ccccc3)nc3ccccc23)c2ccccc21. The van der Waals surface area contributed by atoms with Crippen molar-refractivity contribution in [1.29, 1.82) is 5.26 Å². The zero-order valence-corrected chi connectivity index (χ0v) is 21.0. The average Bonchev–Trinajstić information content (AvgIpc) is 3.34. The predicted molar refractivity (Wildman–Crippen MR) is 154 cm³/mol. The normalized spacial score (nSPS) is 11.2. The Morgan fingerprint density at radius 2 is 1.62 bits per heavy atom. The summed E-state index contributed by atoms with van der Waals surface area (Å²) < 4.78 is 2.09. The van der Waals surface area contributed by atoms with Crippen molar-refractivity contribution in [2.75, 3.05) is 0 Å². The summed E-state index contributed by atoms with van der Waals surface area (Å²) in [6.07, 6.45) is 3.65. The Balaban J connectivity index is 1.30. The van der Waals surface area contributed by atoms with E-state index in [4.69, 9.17) is 4.98 Å². The summed E-state index contributed by atoms with van der Waals surface area (Å²) in [5, 5.41) is 15.6. The molecule has 0 aliphatic carbocycles. The minimum atomic E-state index is -0.311. The first kappa shape index (κ1) is 23.8. The number of hydrazone groups is 1. The van der Waals surface area contributed by atoms with Crippen LogP contribution < -0.4 is 5.43 Å². The van der Waals surface area contributed by atoms with Crippen LogP contribution in [-0.4, -0.2) is 21.7 Å². The highest BCUT2D eigenvalue weighted by Gasteiger charge is 2.14. The fourth-order valence-corrected chi connectivity index (χ4v) is 4.80. The van der Waals surface area contributed by atoms with Crippen molar-refractivity contribution < 1.29 is 4.79 Å². The standard InChI is InChI=1S/C33H23N5O/c34-19-24-12-4-5-13-25(24)21-38-22-26(27-14-7-9-17-32(27)38)20-35-37-33(39)29-18-31(23-10-2-1-3-11-23)36-30-16-8-6-15-28(29)30/h1-18,20,22H,21H2,(H,37,39)/b35-20+. The molecule has 2 heterocycles. The Morgan fingerprint density at radius 1 is 0.897 bits per heavy atom. The van der Waals surface area contributed by atoms with Crippen LogP contribution in [0.3, 0.4) is 0 Å².